The fourth-order valence-corrected chi connectivity index (χ4v) is 5.59. The van der Waals surface area contributed by atoms with E-state index in [9.17, 15) is 13.2 Å². The van der Waals surface area contributed by atoms with E-state index in [2.05, 4.69) is 16.1 Å². The van der Waals surface area contributed by atoms with Gasteiger partial charge in [0.1, 0.15) is 4.90 Å². The van der Waals surface area contributed by atoms with Gasteiger partial charge in [-0.2, -0.15) is 0 Å². The van der Waals surface area contributed by atoms with Crippen molar-refractivity contribution in [2.24, 2.45) is 0 Å². The molecule has 0 unspecified atom stereocenters. The molecule has 1 amide bonds. The van der Waals surface area contributed by atoms with Gasteiger partial charge in [0.15, 0.2) is 0 Å². The largest absolute Gasteiger partial charge is 0.345 e. The lowest BCUT2D eigenvalue weighted by molar-refractivity contribution is 0.0932. The molecule has 0 heterocycles. The van der Waals surface area contributed by atoms with Gasteiger partial charge in [0.25, 0.3) is 15.9 Å². The summed E-state index contributed by atoms with van der Waals surface area (Å²) in [5.41, 5.74) is 5.08. The van der Waals surface area contributed by atoms with Crippen molar-refractivity contribution in [1.82, 2.24) is 5.32 Å². The Labute approximate surface area is 193 Å². The molecule has 0 aliphatic heterocycles. The van der Waals surface area contributed by atoms with E-state index in [-0.39, 0.29) is 27.4 Å². The lowest BCUT2D eigenvalue weighted by atomic mass is 9.87. The van der Waals surface area contributed by atoms with Gasteiger partial charge in [-0.3, -0.25) is 9.52 Å². The zero-order chi connectivity index (χ0) is 22.9. The first kappa shape index (κ1) is 22.4. The molecular formula is C25H25ClN2O3S. The number of amides is 1. The van der Waals surface area contributed by atoms with Crippen molar-refractivity contribution in [1.29, 1.82) is 0 Å². The number of benzene rings is 3. The zero-order valence-corrected chi connectivity index (χ0v) is 19.6. The summed E-state index contributed by atoms with van der Waals surface area (Å²) < 4.78 is 28.6. The number of carbonyl (C=O) groups excluding carboxylic acids is 1. The van der Waals surface area contributed by atoms with Gasteiger partial charge in [0, 0.05) is 11.3 Å². The number of hydrogen-bond donors (Lipinski definition) is 2. The highest BCUT2D eigenvalue weighted by atomic mass is 35.5. The first-order chi connectivity index (χ1) is 15.2. The van der Waals surface area contributed by atoms with E-state index >= 15 is 0 Å². The standard InChI is InChI=1S/C25H25ClN2O3S/c1-16-10-12-20(14-17(16)2)28-32(30,31)24-15-19(11-13-22(24)26)25(29)27-23-9-5-7-18-6-3-4-8-21(18)23/h3-4,6,8,10-15,23,28H,5,7,9H2,1-2H3,(H,27,29)/t23-/m1/s1. The Morgan fingerprint density at radius 3 is 2.56 bits per heavy atom. The Balaban J connectivity index is 1.58. The first-order valence-electron chi connectivity index (χ1n) is 10.5. The summed E-state index contributed by atoms with van der Waals surface area (Å²) in [5, 5.41) is 3.11. The lowest BCUT2D eigenvalue weighted by Gasteiger charge is -2.26. The smallest absolute Gasteiger partial charge is 0.263 e. The van der Waals surface area contributed by atoms with Crippen LogP contribution in [-0.2, 0) is 16.4 Å². The highest BCUT2D eigenvalue weighted by molar-refractivity contribution is 7.92. The second kappa shape index (κ2) is 8.96. The average molecular weight is 469 g/mol. The molecule has 1 aliphatic rings. The van der Waals surface area contributed by atoms with Crippen molar-refractivity contribution in [3.8, 4) is 0 Å². The summed E-state index contributed by atoms with van der Waals surface area (Å²) in [5.74, 6) is -0.328. The van der Waals surface area contributed by atoms with E-state index in [1.165, 1.54) is 17.7 Å². The third-order valence-electron chi connectivity index (χ3n) is 5.92. The number of nitrogens with one attached hydrogen (secondary N) is 2. The van der Waals surface area contributed by atoms with Crippen LogP contribution in [0.1, 0.15) is 51.5 Å². The van der Waals surface area contributed by atoms with Crippen LogP contribution >= 0.6 is 11.6 Å². The third-order valence-corrected chi connectivity index (χ3v) is 7.78. The van der Waals surface area contributed by atoms with Crippen LogP contribution in [0.4, 0.5) is 5.69 Å². The van der Waals surface area contributed by atoms with Crippen LogP contribution in [0.5, 0.6) is 0 Å². The molecule has 166 valence electrons. The first-order valence-corrected chi connectivity index (χ1v) is 12.4. The summed E-state index contributed by atoms with van der Waals surface area (Å²) in [6, 6.07) is 17.6. The molecule has 0 spiro atoms. The van der Waals surface area contributed by atoms with E-state index in [1.54, 1.807) is 18.2 Å². The number of sulfonamides is 1. The van der Waals surface area contributed by atoms with Crippen LogP contribution in [0.3, 0.4) is 0 Å². The quantitative estimate of drug-likeness (QED) is 0.514. The van der Waals surface area contributed by atoms with E-state index in [1.807, 2.05) is 38.1 Å². The van der Waals surface area contributed by atoms with Crippen LogP contribution in [-0.4, -0.2) is 14.3 Å². The predicted octanol–water partition coefficient (Wildman–Crippen LogP) is 5.57. The zero-order valence-electron chi connectivity index (χ0n) is 18.0. The highest BCUT2D eigenvalue weighted by Crippen LogP contribution is 2.30. The van der Waals surface area contributed by atoms with Gasteiger partial charge in [0.05, 0.1) is 11.1 Å². The molecule has 4 rings (SSSR count). The Morgan fingerprint density at radius 2 is 1.78 bits per heavy atom. The molecule has 3 aromatic rings. The predicted molar refractivity (Wildman–Crippen MR) is 128 cm³/mol. The fraction of sp³-hybridized carbons (Fsp3) is 0.240. The van der Waals surface area contributed by atoms with Gasteiger partial charge in [-0.05, 0) is 85.7 Å². The molecule has 0 saturated heterocycles. The monoisotopic (exact) mass is 468 g/mol. The van der Waals surface area contributed by atoms with Crippen LogP contribution in [0.2, 0.25) is 5.02 Å². The molecule has 2 N–H and O–H groups in total. The van der Waals surface area contributed by atoms with Gasteiger partial charge >= 0.3 is 0 Å². The van der Waals surface area contributed by atoms with Gasteiger partial charge in [-0.1, -0.05) is 41.9 Å². The van der Waals surface area contributed by atoms with Crippen molar-refractivity contribution in [3.63, 3.8) is 0 Å². The maximum atomic E-state index is 13.0. The van der Waals surface area contributed by atoms with Crippen LogP contribution in [0, 0.1) is 13.8 Å². The summed E-state index contributed by atoms with van der Waals surface area (Å²) >= 11 is 6.22. The molecule has 0 fully saturated rings. The number of rotatable bonds is 5. The van der Waals surface area contributed by atoms with E-state index < -0.39 is 10.0 Å². The van der Waals surface area contributed by atoms with Crippen molar-refractivity contribution >= 4 is 33.2 Å². The number of aryl methyl sites for hydroxylation is 3. The van der Waals surface area contributed by atoms with Gasteiger partial charge < -0.3 is 5.32 Å². The van der Waals surface area contributed by atoms with Gasteiger partial charge in [-0.15, -0.1) is 0 Å². The number of fused-ring (bicyclic) bond motifs is 1. The van der Waals surface area contributed by atoms with Crippen molar-refractivity contribution in [2.45, 2.75) is 44.0 Å². The number of carbonyl (C=O) groups is 1. The molecule has 1 aliphatic carbocycles. The highest BCUT2D eigenvalue weighted by Gasteiger charge is 2.24. The van der Waals surface area contributed by atoms with Crippen LogP contribution in [0.15, 0.2) is 65.6 Å². The Hall–Kier alpha value is -2.83. The normalized spacial score (nSPS) is 15.7. The second-order valence-corrected chi connectivity index (χ2v) is 10.2. The van der Waals surface area contributed by atoms with Crippen molar-refractivity contribution in [3.05, 3.63) is 93.5 Å². The summed E-state index contributed by atoms with van der Waals surface area (Å²) in [4.78, 5) is 12.9. The van der Waals surface area contributed by atoms with Gasteiger partial charge in [0.2, 0.25) is 0 Å². The maximum absolute atomic E-state index is 13.0. The van der Waals surface area contributed by atoms with E-state index in [0.29, 0.717) is 5.69 Å². The maximum Gasteiger partial charge on any atom is 0.263 e. The molecule has 3 aromatic carbocycles. The minimum atomic E-state index is -3.97. The molecule has 1 atom stereocenters. The second-order valence-electron chi connectivity index (χ2n) is 8.17. The molecular weight excluding hydrogens is 444 g/mol. The molecule has 32 heavy (non-hydrogen) atoms. The minimum absolute atomic E-state index is 0.0564. The SMILES string of the molecule is Cc1ccc(NS(=O)(=O)c2cc(C(=O)N[C@@H]3CCCc4ccccc43)ccc2Cl)cc1C. The summed E-state index contributed by atoms with van der Waals surface area (Å²) in [7, 11) is -3.97. The Kier molecular flexibility index (Phi) is 6.26. The molecule has 0 bridgehead atoms. The minimum Gasteiger partial charge on any atom is -0.345 e. The third kappa shape index (κ3) is 4.66. The van der Waals surface area contributed by atoms with Crippen LogP contribution < -0.4 is 10.0 Å². The Morgan fingerprint density at radius 1 is 1.00 bits per heavy atom. The molecule has 0 saturated carbocycles. The average Bonchev–Trinajstić information content (AvgIpc) is 2.76. The molecule has 7 heteroatoms. The number of hydrogen-bond acceptors (Lipinski definition) is 3. The summed E-state index contributed by atoms with van der Waals surface area (Å²) in [6.07, 6.45) is 2.83. The van der Waals surface area contributed by atoms with Crippen molar-refractivity contribution < 1.29 is 13.2 Å². The molecule has 0 radical (unpaired) electrons. The van der Waals surface area contributed by atoms with Crippen LogP contribution in [0.25, 0.3) is 0 Å². The van der Waals surface area contributed by atoms with Crippen molar-refractivity contribution in [2.75, 3.05) is 4.72 Å². The molecule has 5 nitrogen and oxygen atoms in total. The van der Waals surface area contributed by atoms with E-state index in [4.69, 9.17) is 11.6 Å². The topological polar surface area (TPSA) is 75.3 Å². The fourth-order valence-electron chi connectivity index (χ4n) is 4.01. The molecule has 0 aromatic heterocycles. The van der Waals surface area contributed by atoms with E-state index in [0.717, 1.165) is 36.0 Å². The number of halogens is 1. The lowest BCUT2D eigenvalue weighted by Crippen LogP contribution is -2.31. The number of anilines is 1. The summed E-state index contributed by atoms with van der Waals surface area (Å²) in [6.45, 7) is 3.87. The Bertz CT molecular complexity index is 1290. The van der Waals surface area contributed by atoms with Gasteiger partial charge in [-0.25, -0.2) is 8.42 Å².